The van der Waals surface area contributed by atoms with E-state index >= 15 is 0 Å². The number of rotatable bonds is 4. The Balaban J connectivity index is 1.49. The second-order valence-electron chi connectivity index (χ2n) is 6.62. The van der Waals surface area contributed by atoms with Crippen molar-refractivity contribution in [1.29, 1.82) is 0 Å². The van der Waals surface area contributed by atoms with Crippen molar-refractivity contribution in [3.63, 3.8) is 0 Å². The lowest BCUT2D eigenvalue weighted by molar-refractivity contribution is -0.117. The number of hydrogen-bond acceptors (Lipinski definition) is 2. The fourth-order valence-corrected chi connectivity index (χ4v) is 3.77. The first-order chi connectivity index (χ1) is 12.8. The molecule has 0 fully saturated rings. The lowest BCUT2D eigenvalue weighted by atomic mass is 10.2. The number of fused-ring (bicyclic) bond motifs is 2. The third kappa shape index (κ3) is 3.05. The normalized spacial score (nSPS) is 16.0. The quantitative estimate of drug-likeness (QED) is 0.682. The van der Waals surface area contributed by atoms with Gasteiger partial charge in [0.15, 0.2) is 5.96 Å². The highest BCUT2D eigenvalue weighted by atomic mass is 16.2. The number of anilines is 2. The highest BCUT2D eigenvalue weighted by Gasteiger charge is 2.26. The molecule has 5 nitrogen and oxygen atoms in total. The summed E-state index contributed by atoms with van der Waals surface area (Å²) in [5, 5.41) is 3.39. The fourth-order valence-electron chi connectivity index (χ4n) is 3.77. The van der Waals surface area contributed by atoms with Crippen molar-refractivity contribution in [2.45, 2.75) is 19.8 Å². The van der Waals surface area contributed by atoms with Gasteiger partial charge in [0.05, 0.1) is 13.0 Å². The number of hydrogen-bond donors (Lipinski definition) is 1. The molecule has 0 saturated heterocycles. The molecule has 0 bridgehead atoms. The molecule has 5 heteroatoms. The van der Waals surface area contributed by atoms with Gasteiger partial charge in [-0.15, -0.1) is 0 Å². The molecule has 2 aromatic carbocycles. The molecular formula is C21H24N4O. The number of aliphatic imine (C=N–C) groups is 1. The molecule has 0 radical (unpaired) electrons. The van der Waals surface area contributed by atoms with Crippen molar-refractivity contribution in [2.75, 3.05) is 36.0 Å². The predicted octanol–water partition coefficient (Wildman–Crippen LogP) is 2.60. The van der Waals surface area contributed by atoms with E-state index in [0.29, 0.717) is 19.5 Å². The maximum absolute atomic E-state index is 12.3. The second kappa shape index (κ2) is 7.20. The maximum atomic E-state index is 12.3. The summed E-state index contributed by atoms with van der Waals surface area (Å²) in [5.74, 6) is 1.07. The molecule has 2 aliphatic rings. The number of benzene rings is 2. The number of nitrogens with zero attached hydrogens (tertiary/aromatic N) is 3. The van der Waals surface area contributed by atoms with Crippen LogP contribution in [0.25, 0.3) is 0 Å². The van der Waals surface area contributed by atoms with Gasteiger partial charge in [-0.05, 0) is 36.6 Å². The minimum absolute atomic E-state index is 0.165. The molecule has 0 aliphatic carbocycles. The largest absolute Gasteiger partial charge is 0.356 e. The van der Waals surface area contributed by atoms with Crippen molar-refractivity contribution < 1.29 is 4.79 Å². The van der Waals surface area contributed by atoms with E-state index in [4.69, 9.17) is 4.99 Å². The van der Waals surface area contributed by atoms with Gasteiger partial charge in [0.1, 0.15) is 0 Å². The highest BCUT2D eigenvalue weighted by molar-refractivity contribution is 6.01. The molecule has 2 heterocycles. The number of carbonyl (C=O) groups excluding carboxylic acids is 1. The summed E-state index contributed by atoms with van der Waals surface area (Å²) >= 11 is 0. The van der Waals surface area contributed by atoms with Crippen molar-refractivity contribution in [3.05, 3.63) is 59.7 Å². The van der Waals surface area contributed by atoms with Crippen molar-refractivity contribution in [3.8, 4) is 0 Å². The molecule has 1 amide bonds. The van der Waals surface area contributed by atoms with E-state index in [0.717, 1.165) is 36.7 Å². The van der Waals surface area contributed by atoms with Crippen LogP contribution in [0.3, 0.4) is 0 Å². The highest BCUT2D eigenvalue weighted by Crippen LogP contribution is 2.29. The average molecular weight is 348 g/mol. The first-order valence-electron chi connectivity index (χ1n) is 9.30. The lowest BCUT2D eigenvalue weighted by Gasteiger charge is -2.23. The topological polar surface area (TPSA) is 47.9 Å². The summed E-state index contributed by atoms with van der Waals surface area (Å²) < 4.78 is 0. The van der Waals surface area contributed by atoms with E-state index in [1.807, 2.05) is 29.2 Å². The van der Waals surface area contributed by atoms with E-state index in [1.54, 1.807) is 0 Å². The zero-order chi connectivity index (χ0) is 17.9. The minimum atomic E-state index is 0.165. The Bertz CT molecular complexity index is 845. The third-order valence-electron chi connectivity index (χ3n) is 4.99. The van der Waals surface area contributed by atoms with Crippen LogP contribution >= 0.6 is 0 Å². The molecule has 2 aromatic rings. The Labute approximate surface area is 154 Å². The van der Waals surface area contributed by atoms with Crippen LogP contribution in [-0.2, 0) is 17.6 Å². The molecular weight excluding hydrogens is 324 g/mol. The monoisotopic (exact) mass is 348 g/mol. The molecule has 134 valence electrons. The predicted molar refractivity (Wildman–Crippen MR) is 106 cm³/mol. The number of nitrogens with one attached hydrogen (secondary N) is 1. The average Bonchev–Trinajstić information content (AvgIpc) is 3.22. The Morgan fingerprint density at radius 1 is 1.08 bits per heavy atom. The maximum Gasteiger partial charge on any atom is 0.231 e. The van der Waals surface area contributed by atoms with Crippen molar-refractivity contribution in [1.82, 2.24) is 5.32 Å². The van der Waals surface area contributed by atoms with Gasteiger partial charge in [0.25, 0.3) is 0 Å². The van der Waals surface area contributed by atoms with Gasteiger partial charge < -0.3 is 15.1 Å². The fraction of sp³-hybridized carbons (Fsp3) is 0.333. The summed E-state index contributed by atoms with van der Waals surface area (Å²) in [5.41, 5.74) is 4.74. The van der Waals surface area contributed by atoms with Crippen LogP contribution in [0, 0.1) is 0 Å². The van der Waals surface area contributed by atoms with E-state index in [1.165, 1.54) is 11.3 Å². The van der Waals surface area contributed by atoms with E-state index < -0.39 is 0 Å². The SMILES string of the molecule is CCNC(=NCCN1C(=O)Cc2ccccc21)N1CCc2ccccc21. The van der Waals surface area contributed by atoms with E-state index in [9.17, 15) is 4.79 Å². The second-order valence-corrected chi connectivity index (χ2v) is 6.62. The third-order valence-corrected chi connectivity index (χ3v) is 4.99. The zero-order valence-electron chi connectivity index (χ0n) is 15.1. The minimum Gasteiger partial charge on any atom is -0.356 e. The van der Waals surface area contributed by atoms with Crippen LogP contribution in [0.4, 0.5) is 11.4 Å². The summed E-state index contributed by atoms with van der Waals surface area (Å²) in [4.78, 5) is 21.2. The van der Waals surface area contributed by atoms with Crippen molar-refractivity contribution >= 4 is 23.2 Å². The van der Waals surface area contributed by atoms with Crippen molar-refractivity contribution in [2.24, 2.45) is 4.99 Å². The van der Waals surface area contributed by atoms with Crippen LogP contribution < -0.4 is 15.1 Å². The van der Waals surface area contributed by atoms with Gasteiger partial charge in [-0.1, -0.05) is 36.4 Å². The van der Waals surface area contributed by atoms with Crippen LogP contribution in [0.2, 0.25) is 0 Å². The van der Waals surface area contributed by atoms with Gasteiger partial charge in [-0.25, -0.2) is 0 Å². The molecule has 0 unspecified atom stereocenters. The molecule has 26 heavy (non-hydrogen) atoms. The Morgan fingerprint density at radius 2 is 1.81 bits per heavy atom. The van der Waals surface area contributed by atoms with E-state index in [2.05, 4.69) is 41.4 Å². The van der Waals surface area contributed by atoms with Crippen LogP contribution in [0.15, 0.2) is 53.5 Å². The Kier molecular flexibility index (Phi) is 4.61. The lowest BCUT2D eigenvalue weighted by Crippen LogP contribution is -2.41. The Hall–Kier alpha value is -2.82. The number of carbonyl (C=O) groups is 1. The summed E-state index contributed by atoms with van der Waals surface area (Å²) in [7, 11) is 0. The zero-order valence-corrected chi connectivity index (χ0v) is 15.1. The van der Waals surface area contributed by atoms with E-state index in [-0.39, 0.29) is 5.91 Å². The summed E-state index contributed by atoms with van der Waals surface area (Å²) in [6.45, 7) is 5.04. The standard InChI is InChI=1S/C21H24N4O/c1-2-22-21(25-13-11-16-7-3-5-9-18(16)25)23-12-14-24-19-10-6-4-8-17(19)15-20(24)26/h3-10H,2,11-15H2,1H3,(H,22,23). The van der Waals surface area contributed by atoms with Crippen LogP contribution in [0.1, 0.15) is 18.1 Å². The van der Waals surface area contributed by atoms with Crippen LogP contribution in [0.5, 0.6) is 0 Å². The van der Waals surface area contributed by atoms with Gasteiger partial charge in [-0.2, -0.15) is 0 Å². The number of amides is 1. The molecule has 2 aliphatic heterocycles. The molecule has 0 spiro atoms. The van der Waals surface area contributed by atoms with Crippen LogP contribution in [-0.4, -0.2) is 38.0 Å². The molecule has 0 aromatic heterocycles. The number of para-hydroxylation sites is 2. The summed E-state index contributed by atoms with van der Waals surface area (Å²) in [6.07, 6.45) is 1.54. The van der Waals surface area contributed by atoms with Gasteiger partial charge in [-0.3, -0.25) is 9.79 Å². The number of guanidine groups is 1. The molecule has 0 saturated carbocycles. The summed E-state index contributed by atoms with van der Waals surface area (Å²) in [6, 6.07) is 16.5. The molecule has 0 atom stereocenters. The molecule has 4 rings (SSSR count). The van der Waals surface area contributed by atoms with Gasteiger partial charge >= 0.3 is 0 Å². The first kappa shape index (κ1) is 16.6. The molecule has 1 N–H and O–H groups in total. The smallest absolute Gasteiger partial charge is 0.231 e. The Morgan fingerprint density at radius 3 is 2.62 bits per heavy atom. The van der Waals surface area contributed by atoms with Gasteiger partial charge in [0.2, 0.25) is 5.91 Å². The van der Waals surface area contributed by atoms with Gasteiger partial charge in [0, 0.05) is 31.0 Å². The first-order valence-corrected chi connectivity index (χ1v) is 9.30.